The molecule has 1 unspecified atom stereocenters. The molecule has 0 saturated carbocycles. The van der Waals surface area contributed by atoms with E-state index in [0.29, 0.717) is 11.0 Å². The summed E-state index contributed by atoms with van der Waals surface area (Å²) in [7, 11) is 0. The summed E-state index contributed by atoms with van der Waals surface area (Å²) in [5.74, 6) is -0.0699. The third-order valence-corrected chi connectivity index (χ3v) is 3.09. The van der Waals surface area contributed by atoms with Gasteiger partial charge in [0, 0.05) is 11.0 Å². The summed E-state index contributed by atoms with van der Waals surface area (Å²) < 4.78 is 0. The molecule has 0 bridgehead atoms. The molecule has 0 heterocycles. The molecule has 0 radical (unpaired) electrons. The third-order valence-electron chi connectivity index (χ3n) is 1.94. The number of halogens is 2. The Kier molecular flexibility index (Phi) is 3.96. The molecule has 0 fully saturated rings. The van der Waals surface area contributed by atoms with Crippen molar-refractivity contribution >= 4 is 39.0 Å². The van der Waals surface area contributed by atoms with Gasteiger partial charge in [0.15, 0.2) is 5.78 Å². The molecule has 0 spiro atoms. The lowest BCUT2D eigenvalue weighted by atomic mass is 10.0. The number of hydrogen-bond acceptors (Lipinski definition) is 2. The zero-order valence-electron chi connectivity index (χ0n) is 7.76. The van der Waals surface area contributed by atoms with Crippen LogP contribution in [0.4, 0.5) is 5.69 Å². The van der Waals surface area contributed by atoms with Gasteiger partial charge in [-0.05, 0) is 30.2 Å². The first-order valence-corrected chi connectivity index (χ1v) is 5.71. The molecule has 2 nitrogen and oxygen atoms in total. The lowest BCUT2D eigenvalue weighted by molar-refractivity contribution is -0.116. The van der Waals surface area contributed by atoms with Gasteiger partial charge in [-0.2, -0.15) is 0 Å². The van der Waals surface area contributed by atoms with Crippen LogP contribution >= 0.6 is 27.5 Å². The highest BCUT2D eigenvalue weighted by molar-refractivity contribution is 9.08. The predicted molar refractivity (Wildman–Crippen MR) is 62.8 cm³/mol. The van der Waals surface area contributed by atoms with Crippen LogP contribution in [-0.4, -0.2) is 5.78 Å². The molecule has 0 saturated heterocycles. The average molecular weight is 277 g/mol. The van der Waals surface area contributed by atoms with E-state index in [2.05, 4.69) is 15.9 Å². The molecular weight excluding hydrogens is 265 g/mol. The summed E-state index contributed by atoms with van der Waals surface area (Å²) in [6.45, 7) is 1.47. The lowest BCUT2D eigenvalue weighted by Crippen LogP contribution is -2.05. The van der Waals surface area contributed by atoms with Gasteiger partial charge in [-0.15, -0.1) is 11.6 Å². The smallest absolute Gasteiger partial charge is 0.152 e. The standard InChI is InChI=1S/C10H11BrClNO/c1-6(14)10(12)9-4-8(13)3-2-7(9)5-11/h2-4,10H,5,13H2,1H3. The molecule has 1 aromatic carbocycles. The molecule has 1 rings (SSSR count). The molecule has 14 heavy (non-hydrogen) atoms. The zero-order valence-corrected chi connectivity index (χ0v) is 10.1. The van der Waals surface area contributed by atoms with Crippen molar-refractivity contribution in [2.75, 3.05) is 5.73 Å². The fraction of sp³-hybridized carbons (Fsp3) is 0.300. The maximum absolute atomic E-state index is 11.1. The number of nitrogen functional groups attached to an aromatic ring is 1. The van der Waals surface area contributed by atoms with E-state index in [1.165, 1.54) is 6.92 Å². The number of carbonyl (C=O) groups excluding carboxylic acids is 1. The highest BCUT2D eigenvalue weighted by Crippen LogP contribution is 2.28. The largest absolute Gasteiger partial charge is 0.399 e. The number of anilines is 1. The van der Waals surface area contributed by atoms with E-state index in [-0.39, 0.29) is 5.78 Å². The van der Waals surface area contributed by atoms with E-state index in [0.717, 1.165) is 11.1 Å². The summed E-state index contributed by atoms with van der Waals surface area (Å²) in [5.41, 5.74) is 8.04. The molecular formula is C10H11BrClNO. The van der Waals surface area contributed by atoms with Crippen LogP contribution in [0.5, 0.6) is 0 Å². The summed E-state index contributed by atoms with van der Waals surface area (Å²) >= 11 is 9.31. The number of Topliss-reactive ketones (excluding diaryl/α,β-unsaturated/α-hetero) is 1. The second-order valence-corrected chi connectivity index (χ2v) is 4.06. The van der Waals surface area contributed by atoms with E-state index >= 15 is 0 Å². The Labute approximate surface area is 96.6 Å². The van der Waals surface area contributed by atoms with Gasteiger partial charge in [0.1, 0.15) is 5.38 Å². The Morgan fingerprint density at radius 3 is 2.79 bits per heavy atom. The number of alkyl halides is 2. The van der Waals surface area contributed by atoms with Gasteiger partial charge in [0.25, 0.3) is 0 Å². The van der Waals surface area contributed by atoms with Crippen molar-refractivity contribution in [2.45, 2.75) is 17.6 Å². The van der Waals surface area contributed by atoms with Gasteiger partial charge in [-0.25, -0.2) is 0 Å². The van der Waals surface area contributed by atoms with E-state index < -0.39 is 5.38 Å². The SMILES string of the molecule is CC(=O)C(Cl)c1cc(N)ccc1CBr. The predicted octanol–water partition coefficient (Wildman–Crippen LogP) is 3.03. The van der Waals surface area contributed by atoms with Crippen LogP contribution in [0.3, 0.4) is 0 Å². The Balaban J connectivity index is 3.16. The van der Waals surface area contributed by atoms with Gasteiger partial charge in [0.05, 0.1) is 0 Å². The number of hydrogen-bond donors (Lipinski definition) is 1. The Hall–Kier alpha value is -0.540. The maximum Gasteiger partial charge on any atom is 0.152 e. The topological polar surface area (TPSA) is 43.1 Å². The summed E-state index contributed by atoms with van der Waals surface area (Å²) in [5, 5.41) is 0.0603. The molecule has 1 atom stereocenters. The van der Waals surface area contributed by atoms with Gasteiger partial charge >= 0.3 is 0 Å². The van der Waals surface area contributed by atoms with Crippen LogP contribution in [0.15, 0.2) is 18.2 Å². The van der Waals surface area contributed by atoms with Crippen LogP contribution in [0.25, 0.3) is 0 Å². The molecule has 0 aromatic heterocycles. The van der Waals surface area contributed by atoms with Crippen molar-refractivity contribution in [3.63, 3.8) is 0 Å². The third kappa shape index (κ3) is 2.49. The molecule has 0 amide bonds. The Morgan fingerprint density at radius 1 is 1.64 bits per heavy atom. The number of rotatable bonds is 3. The van der Waals surface area contributed by atoms with Crippen molar-refractivity contribution in [3.8, 4) is 0 Å². The van der Waals surface area contributed by atoms with E-state index in [4.69, 9.17) is 17.3 Å². The van der Waals surface area contributed by atoms with Gasteiger partial charge < -0.3 is 5.73 Å². The molecule has 0 aliphatic heterocycles. The minimum absolute atomic E-state index is 0.0699. The minimum atomic E-state index is -0.606. The average Bonchev–Trinajstić information content (AvgIpc) is 2.16. The van der Waals surface area contributed by atoms with E-state index in [1.807, 2.05) is 6.07 Å². The van der Waals surface area contributed by atoms with Crippen LogP contribution in [-0.2, 0) is 10.1 Å². The van der Waals surface area contributed by atoms with Crippen molar-refractivity contribution in [3.05, 3.63) is 29.3 Å². The fourth-order valence-electron chi connectivity index (χ4n) is 1.19. The zero-order chi connectivity index (χ0) is 10.7. The lowest BCUT2D eigenvalue weighted by Gasteiger charge is -2.11. The van der Waals surface area contributed by atoms with Crippen molar-refractivity contribution in [1.82, 2.24) is 0 Å². The molecule has 76 valence electrons. The quantitative estimate of drug-likeness (QED) is 0.681. The molecule has 0 aliphatic rings. The maximum atomic E-state index is 11.1. The fourth-order valence-corrected chi connectivity index (χ4v) is 1.90. The number of carbonyl (C=O) groups is 1. The normalized spacial score (nSPS) is 12.5. The van der Waals surface area contributed by atoms with Crippen molar-refractivity contribution < 1.29 is 4.79 Å². The number of nitrogens with two attached hydrogens (primary N) is 1. The van der Waals surface area contributed by atoms with E-state index in [1.54, 1.807) is 12.1 Å². The van der Waals surface area contributed by atoms with Crippen molar-refractivity contribution in [2.24, 2.45) is 0 Å². The second kappa shape index (κ2) is 4.80. The van der Waals surface area contributed by atoms with Crippen LogP contribution in [0, 0.1) is 0 Å². The first-order chi connectivity index (χ1) is 6.56. The van der Waals surface area contributed by atoms with Crippen LogP contribution in [0.2, 0.25) is 0 Å². The molecule has 4 heteroatoms. The Bertz CT molecular complexity index is 354. The van der Waals surface area contributed by atoms with Gasteiger partial charge in [-0.1, -0.05) is 22.0 Å². The van der Waals surface area contributed by atoms with Crippen LogP contribution in [0.1, 0.15) is 23.4 Å². The first-order valence-electron chi connectivity index (χ1n) is 4.15. The van der Waals surface area contributed by atoms with Crippen molar-refractivity contribution in [1.29, 1.82) is 0 Å². The summed E-state index contributed by atoms with van der Waals surface area (Å²) in [4.78, 5) is 11.1. The minimum Gasteiger partial charge on any atom is -0.399 e. The second-order valence-electron chi connectivity index (χ2n) is 3.07. The summed E-state index contributed by atoms with van der Waals surface area (Å²) in [6.07, 6.45) is 0. The highest BCUT2D eigenvalue weighted by atomic mass is 79.9. The van der Waals surface area contributed by atoms with E-state index in [9.17, 15) is 4.79 Å². The monoisotopic (exact) mass is 275 g/mol. The van der Waals surface area contributed by atoms with Gasteiger partial charge in [0.2, 0.25) is 0 Å². The molecule has 0 aliphatic carbocycles. The molecule has 1 aromatic rings. The van der Waals surface area contributed by atoms with Crippen LogP contribution < -0.4 is 5.73 Å². The number of ketones is 1. The Morgan fingerprint density at radius 2 is 2.29 bits per heavy atom. The van der Waals surface area contributed by atoms with Gasteiger partial charge in [-0.3, -0.25) is 4.79 Å². The summed E-state index contributed by atoms with van der Waals surface area (Å²) in [6, 6.07) is 5.41. The number of benzene rings is 1. The first kappa shape index (κ1) is 11.5. The highest BCUT2D eigenvalue weighted by Gasteiger charge is 2.16. The molecule has 2 N–H and O–H groups in total.